The van der Waals surface area contributed by atoms with Crippen LogP contribution in [0.1, 0.15) is 6.42 Å². The first-order valence-corrected chi connectivity index (χ1v) is 6.32. The van der Waals surface area contributed by atoms with E-state index in [-0.39, 0.29) is 23.6 Å². The average molecular weight is 240 g/mol. The van der Waals surface area contributed by atoms with E-state index in [1.807, 2.05) is 25.3 Å². The van der Waals surface area contributed by atoms with E-state index in [0.29, 0.717) is 13.0 Å². The van der Waals surface area contributed by atoms with Crippen LogP contribution >= 0.6 is 11.8 Å². The van der Waals surface area contributed by atoms with Crippen LogP contribution in [0, 0.1) is 11.8 Å². The minimum absolute atomic E-state index is 0.100. The number of rotatable bonds is 3. The normalized spacial score (nSPS) is 20.2. The zero-order valence-corrected chi connectivity index (χ0v) is 10.6. The Morgan fingerprint density at radius 3 is 2.62 bits per heavy atom. The van der Waals surface area contributed by atoms with E-state index in [1.54, 1.807) is 0 Å². The Morgan fingerprint density at radius 2 is 2.12 bits per heavy atom. The lowest BCUT2D eigenvalue weighted by atomic mass is 10.4. The van der Waals surface area contributed by atoms with Crippen LogP contribution in [0.5, 0.6) is 0 Å². The van der Waals surface area contributed by atoms with Crippen LogP contribution < -0.4 is 0 Å². The average Bonchev–Trinajstić information content (AvgIpc) is 2.50. The van der Waals surface area contributed by atoms with E-state index in [0.717, 1.165) is 0 Å². The highest BCUT2D eigenvalue weighted by Crippen LogP contribution is 2.22. The van der Waals surface area contributed by atoms with Crippen molar-refractivity contribution in [2.24, 2.45) is 0 Å². The third kappa shape index (κ3) is 3.26. The van der Waals surface area contributed by atoms with Gasteiger partial charge in [0.1, 0.15) is 0 Å². The van der Waals surface area contributed by atoms with Crippen molar-refractivity contribution in [2.75, 3.05) is 33.4 Å². The summed E-state index contributed by atoms with van der Waals surface area (Å²) in [5.74, 6) is 5.55. The molecule has 1 aliphatic heterocycles. The van der Waals surface area contributed by atoms with Crippen molar-refractivity contribution in [3.05, 3.63) is 0 Å². The van der Waals surface area contributed by atoms with Crippen LogP contribution in [0.15, 0.2) is 0 Å². The number of carbonyl (C=O) groups is 2. The smallest absolute Gasteiger partial charge is 0.243 e. The Labute approximate surface area is 100 Å². The van der Waals surface area contributed by atoms with Crippen molar-refractivity contribution >= 4 is 23.6 Å². The third-order valence-corrected chi connectivity index (χ3v) is 3.18. The van der Waals surface area contributed by atoms with Gasteiger partial charge in [-0.05, 0) is 20.4 Å². The predicted octanol–water partition coefficient (Wildman–Crippen LogP) is 0.0419. The summed E-state index contributed by atoms with van der Waals surface area (Å²) < 4.78 is 0. The maximum atomic E-state index is 11.7. The van der Waals surface area contributed by atoms with Crippen LogP contribution in [0.4, 0.5) is 0 Å². The van der Waals surface area contributed by atoms with Crippen molar-refractivity contribution in [1.82, 2.24) is 9.80 Å². The number of hydrogen-bond donors (Lipinski definition) is 0. The van der Waals surface area contributed by atoms with Gasteiger partial charge in [-0.15, -0.1) is 0 Å². The van der Waals surface area contributed by atoms with Gasteiger partial charge in [0, 0.05) is 6.42 Å². The van der Waals surface area contributed by atoms with Crippen LogP contribution in [-0.2, 0) is 9.59 Å². The fraction of sp³-hybridized carbons (Fsp3) is 0.636. The molecule has 1 fully saturated rings. The highest BCUT2D eigenvalue weighted by Gasteiger charge is 2.37. The molecule has 1 saturated heterocycles. The largest absolute Gasteiger partial charge is 0.299 e. The van der Waals surface area contributed by atoms with E-state index in [4.69, 9.17) is 0 Å². The van der Waals surface area contributed by atoms with Gasteiger partial charge >= 0.3 is 0 Å². The van der Waals surface area contributed by atoms with Crippen molar-refractivity contribution in [2.45, 2.75) is 11.7 Å². The highest BCUT2D eigenvalue weighted by molar-refractivity contribution is 8.00. The SMILES string of the molecule is CSC1CC(=O)N(CC#CCN(C)C)C1=O. The first-order chi connectivity index (χ1) is 7.56. The Bertz CT molecular complexity index is 344. The Balaban J connectivity index is 2.50. The van der Waals surface area contributed by atoms with Gasteiger partial charge in [-0.2, -0.15) is 11.8 Å². The quantitative estimate of drug-likeness (QED) is 0.516. The summed E-state index contributed by atoms with van der Waals surface area (Å²) in [6.07, 6.45) is 2.16. The minimum Gasteiger partial charge on any atom is -0.299 e. The molecule has 1 heterocycles. The molecule has 5 heteroatoms. The van der Waals surface area contributed by atoms with E-state index in [2.05, 4.69) is 11.8 Å². The van der Waals surface area contributed by atoms with E-state index >= 15 is 0 Å². The van der Waals surface area contributed by atoms with Gasteiger partial charge in [-0.25, -0.2) is 0 Å². The molecule has 1 aliphatic rings. The van der Waals surface area contributed by atoms with Crippen molar-refractivity contribution in [1.29, 1.82) is 0 Å². The molecule has 0 aliphatic carbocycles. The fourth-order valence-electron chi connectivity index (χ4n) is 1.35. The summed E-state index contributed by atoms with van der Waals surface area (Å²) >= 11 is 1.42. The molecular formula is C11H16N2O2S. The summed E-state index contributed by atoms with van der Waals surface area (Å²) in [6.45, 7) is 0.866. The number of carbonyl (C=O) groups excluding carboxylic acids is 2. The Morgan fingerprint density at radius 1 is 1.44 bits per heavy atom. The molecule has 0 aromatic rings. The van der Waals surface area contributed by atoms with Crippen LogP contribution in [-0.4, -0.2) is 60.3 Å². The van der Waals surface area contributed by atoms with Gasteiger partial charge in [-0.1, -0.05) is 11.8 Å². The molecule has 0 bridgehead atoms. The molecule has 2 amide bonds. The summed E-state index contributed by atoms with van der Waals surface area (Å²) in [5, 5.41) is -0.205. The molecule has 16 heavy (non-hydrogen) atoms. The minimum atomic E-state index is -0.205. The second-order valence-corrected chi connectivity index (χ2v) is 4.88. The number of nitrogens with zero attached hydrogens (tertiary/aromatic N) is 2. The monoisotopic (exact) mass is 240 g/mol. The van der Waals surface area contributed by atoms with E-state index in [9.17, 15) is 9.59 Å². The lowest BCUT2D eigenvalue weighted by Gasteiger charge is -2.10. The van der Waals surface area contributed by atoms with E-state index in [1.165, 1.54) is 16.7 Å². The summed E-state index contributed by atoms with van der Waals surface area (Å²) in [6, 6.07) is 0. The lowest BCUT2D eigenvalue weighted by molar-refractivity contribution is -0.137. The number of amides is 2. The van der Waals surface area contributed by atoms with Gasteiger partial charge in [0.15, 0.2) is 0 Å². The molecule has 0 radical (unpaired) electrons. The number of hydrogen-bond acceptors (Lipinski definition) is 4. The van der Waals surface area contributed by atoms with Crippen molar-refractivity contribution < 1.29 is 9.59 Å². The molecule has 1 unspecified atom stereocenters. The highest BCUT2D eigenvalue weighted by atomic mass is 32.2. The Kier molecular flexibility index (Phi) is 4.84. The molecule has 0 N–H and O–H groups in total. The standard InChI is InChI=1S/C11H16N2O2S/c1-12(2)6-4-5-7-13-10(14)8-9(16-3)11(13)15/h9H,6-8H2,1-3H3. The van der Waals surface area contributed by atoms with Crippen molar-refractivity contribution in [3.63, 3.8) is 0 Å². The molecule has 0 aromatic carbocycles. The zero-order valence-electron chi connectivity index (χ0n) is 9.82. The van der Waals surface area contributed by atoms with Crippen LogP contribution in [0.2, 0.25) is 0 Å². The molecule has 1 rings (SSSR count). The number of likely N-dealkylation sites (tertiary alicyclic amines) is 1. The van der Waals surface area contributed by atoms with Gasteiger partial charge in [-0.3, -0.25) is 19.4 Å². The van der Waals surface area contributed by atoms with Crippen LogP contribution in [0.25, 0.3) is 0 Å². The maximum Gasteiger partial charge on any atom is 0.243 e. The number of thioether (sulfide) groups is 1. The molecule has 4 nitrogen and oxygen atoms in total. The molecule has 0 saturated carbocycles. The van der Waals surface area contributed by atoms with E-state index < -0.39 is 0 Å². The van der Waals surface area contributed by atoms with Crippen molar-refractivity contribution in [3.8, 4) is 11.8 Å². The number of imide groups is 1. The van der Waals surface area contributed by atoms with Gasteiger partial charge in [0.05, 0.1) is 18.3 Å². The van der Waals surface area contributed by atoms with Gasteiger partial charge < -0.3 is 0 Å². The molecule has 0 spiro atoms. The summed E-state index contributed by atoms with van der Waals surface area (Å²) in [4.78, 5) is 26.4. The predicted molar refractivity (Wildman–Crippen MR) is 65.0 cm³/mol. The molecule has 88 valence electrons. The fourth-order valence-corrected chi connectivity index (χ4v) is 1.99. The summed E-state index contributed by atoms with van der Waals surface area (Å²) in [7, 11) is 3.84. The third-order valence-electron chi connectivity index (χ3n) is 2.24. The second-order valence-electron chi connectivity index (χ2n) is 3.84. The molecule has 1 atom stereocenters. The molecule has 0 aromatic heterocycles. The van der Waals surface area contributed by atoms with Crippen LogP contribution in [0.3, 0.4) is 0 Å². The van der Waals surface area contributed by atoms with Gasteiger partial charge in [0.2, 0.25) is 11.8 Å². The first kappa shape index (κ1) is 13.1. The van der Waals surface area contributed by atoms with Gasteiger partial charge in [0.25, 0.3) is 0 Å². The lowest BCUT2D eigenvalue weighted by Crippen LogP contribution is -2.31. The maximum absolute atomic E-state index is 11.7. The summed E-state index contributed by atoms with van der Waals surface area (Å²) in [5.41, 5.74) is 0. The first-order valence-electron chi connectivity index (χ1n) is 5.03. The molecular weight excluding hydrogens is 224 g/mol. The topological polar surface area (TPSA) is 40.6 Å². The zero-order chi connectivity index (χ0) is 12.1. The second kappa shape index (κ2) is 5.92. The Hall–Kier alpha value is -0.990.